The molecule has 9 nitrogen and oxygen atoms in total. The van der Waals surface area contributed by atoms with Crippen LogP contribution in [0.1, 0.15) is 16.1 Å². The Morgan fingerprint density at radius 1 is 1.09 bits per heavy atom. The van der Waals surface area contributed by atoms with E-state index < -0.39 is 28.9 Å². The summed E-state index contributed by atoms with van der Waals surface area (Å²) in [6.45, 7) is 0. The number of alkyl halides is 3. The molecule has 0 aliphatic rings. The summed E-state index contributed by atoms with van der Waals surface area (Å²) in [6.07, 6.45) is 0.133. The highest BCUT2D eigenvalue weighted by Crippen LogP contribution is 2.35. The molecule has 0 aliphatic carbocycles. The molecule has 5 rings (SSSR count). The van der Waals surface area contributed by atoms with E-state index in [9.17, 15) is 22.8 Å². The molecule has 1 aromatic carbocycles. The summed E-state index contributed by atoms with van der Waals surface area (Å²) in [4.78, 5) is 31.5. The maximum Gasteiger partial charge on any atom is 0.434 e. The molecule has 5 aromatic rings. The second-order valence-electron chi connectivity index (χ2n) is 7.22. The Kier molecular flexibility index (Phi) is 4.51. The second-order valence-corrected chi connectivity index (χ2v) is 7.22. The average molecular weight is 453 g/mol. The summed E-state index contributed by atoms with van der Waals surface area (Å²) < 4.78 is 44.4. The summed E-state index contributed by atoms with van der Waals surface area (Å²) in [6, 6.07) is 7.36. The number of H-pyrrole nitrogens is 1. The van der Waals surface area contributed by atoms with Crippen molar-refractivity contribution in [2.75, 3.05) is 5.32 Å². The number of benzene rings is 1. The Morgan fingerprint density at radius 3 is 2.70 bits per heavy atom. The van der Waals surface area contributed by atoms with Gasteiger partial charge in [-0.15, -0.1) is 0 Å². The Balaban J connectivity index is 1.60. The third kappa shape index (κ3) is 3.41. The SMILES string of the molecule is Cn1ncc2cc(NC(=O)c3cnn(-c4cccc5c(=O)[nH]ccc45)c3C(F)(F)F)cnc21. The fraction of sp³-hybridized carbons (Fsp3) is 0.0952. The van der Waals surface area contributed by atoms with Gasteiger partial charge in [-0.05, 0) is 24.3 Å². The number of halogens is 3. The molecule has 0 saturated carbocycles. The van der Waals surface area contributed by atoms with E-state index in [1.165, 1.54) is 47.5 Å². The zero-order valence-corrected chi connectivity index (χ0v) is 16.9. The van der Waals surface area contributed by atoms with E-state index in [2.05, 4.69) is 25.5 Å². The number of carbonyl (C=O) groups is 1. The summed E-state index contributed by atoms with van der Waals surface area (Å²) in [5, 5.41) is 11.4. The summed E-state index contributed by atoms with van der Waals surface area (Å²) in [5.74, 6) is -1.00. The maximum absolute atomic E-state index is 14.1. The minimum Gasteiger partial charge on any atom is -0.329 e. The third-order valence-electron chi connectivity index (χ3n) is 5.13. The van der Waals surface area contributed by atoms with Crippen molar-refractivity contribution < 1.29 is 18.0 Å². The minimum atomic E-state index is -4.90. The van der Waals surface area contributed by atoms with Crippen molar-refractivity contribution in [1.82, 2.24) is 29.5 Å². The van der Waals surface area contributed by atoms with Gasteiger partial charge in [-0.25, -0.2) is 9.67 Å². The summed E-state index contributed by atoms with van der Waals surface area (Å²) >= 11 is 0. The number of aromatic amines is 1. The van der Waals surface area contributed by atoms with Gasteiger partial charge in [0.25, 0.3) is 11.5 Å². The Hall–Kier alpha value is -4.48. The normalized spacial score (nSPS) is 11.9. The van der Waals surface area contributed by atoms with Crippen molar-refractivity contribution in [2.24, 2.45) is 7.05 Å². The van der Waals surface area contributed by atoms with Gasteiger partial charge in [-0.3, -0.25) is 14.3 Å². The highest BCUT2D eigenvalue weighted by molar-refractivity contribution is 6.05. The van der Waals surface area contributed by atoms with Crippen molar-refractivity contribution in [3.63, 3.8) is 0 Å². The fourth-order valence-corrected chi connectivity index (χ4v) is 3.67. The van der Waals surface area contributed by atoms with Crippen LogP contribution in [0, 0.1) is 0 Å². The van der Waals surface area contributed by atoms with Gasteiger partial charge in [0.1, 0.15) is 0 Å². The van der Waals surface area contributed by atoms with Gasteiger partial charge in [0.05, 0.1) is 35.5 Å². The first-order valence-corrected chi connectivity index (χ1v) is 9.59. The molecule has 0 spiro atoms. The van der Waals surface area contributed by atoms with E-state index in [-0.39, 0.29) is 22.1 Å². The molecule has 12 heteroatoms. The van der Waals surface area contributed by atoms with Crippen molar-refractivity contribution in [1.29, 1.82) is 0 Å². The number of hydrogen-bond acceptors (Lipinski definition) is 5. The molecule has 166 valence electrons. The molecule has 0 atom stereocenters. The number of pyridine rings is 2. The zero-order chi connectivity index (χ0) is 23.3. The van der Waals surface area contributed by atoms with Gasteiger partial charge in [0, 0.05) is 29.4 Å². The largest absolute Gasteiger partial charge is 0.434 e. The lowest BCUT2D eigenvalue weighted by Crippen LogP contribution is -2.21. The highest BCUT2D eigenvalue weighted by Gasteiger charge is 2.41. The standard InChI is InChI=1S/C21H14F3N7O2/c1-30-18-11(8-27-30)7-12(9-26-18)29-20(33)15-10-28-31(17(15)21(22,23)24)16-4-2-3-14-13(16)5-6-25-19(14)32/h2-10H,1H3,(H,25,32)(H,29,33). The lowest BCUT2D eigenvalue weighted by atomic mass is 10.1. The molecule has 0 fully saturated rings. The number of amides is 1. The van der Waals surface area contributed by atoms with E-state index in [1.807, 2.05) is 0 Å². The van der Waals surface area contributed by atoms with Crippen LogP contribution in [-0.2, 0) is 13.2 Å². The van der Waals surface area contributed by atoms with E-state index >= 15 is 0 Å². The van der Waals surface area contributed by atoms with Crippen LogP contribution in [0.4, 0.5) is 18.9 Å². The number of carbonyl (C=O) groups excluding carboxylic acids is 1. The van der Waals surface area contributed by atoms with Crippen LogP contribution in [0.3, 0.4) is 0 Å². The van der Waals surface area contributed by atoms with E-state index in [1.54, 1.807) is 13.1 Å². The summed E-state index contributed by atoms with van der Waals surface area (Å²) in [7, 11) is 1.69. The number of hydrogen-bond donors (Lipinski definition) is 2. The van der Waals surface area contributed by atoms with Gasteiger partial charge in [-0.1, -0.05) is 6.07 Å². The van der Waals surface area contributed by atoms with Crippen LogP contribution < -0.4 is 10.9 Å². The molecule has 4 aromatic heterocycles. The van der Waals surface area contributed by atoms with Gasteiger partial charge in [-0.2, -0.15) is 23.4 Å². The van der Waals surface area contributed by atoms with Gasteiger partial charge in [0.15, 0.2) is 11.3 Å². The molecule has 0 bridgehead atoms. The molecule has 4 heterocycles. The number of aryl methyl sites for hydroxylation is 1. The first-order valence-electron chi connectivity index (χ1n) is 9.59. The first-order chi connectivity index (χ1) is 15.7. The molecule has 0 unspecified atom stereocenters. The topological polar surface area (TPSA) is 110 Å². The number of aromatic nitrogens is 6. The number of anilines is 1. The van der Waals surface area contributed by atoms with Crippen molar-refractivity contribution >= 4 is 33.4 Å². The molecule has 0 radical (unpaired) electrons. The predicted molar refractivity (Wildman–Crippen MR) is 113 cm³/mol. The predicted octanol–water partition coefficient (Wildman–Crippen LogP) is 3.27. The molecule has 1 amide bonds. The molecule has 2 N–H and O–H groups in total. The minimum absolute atomic E-state index is 0.0171. The van der Waals surface area contributed by atoms with Crippen LogP contribution in [0.25, 0.3) is 27.5 Å². The molecule has 0 aliphatic heterocycles. The van der Waals surface area contributed by atoms with Crippen LogP contribution in [0.2, 0.25) is 0 Å². The van der Waals surface area contributed by atoms with Crippen molar-refractivity contribution in [3.05, 3.63) is 76.7 Å². The molecule has 33 heavy (non-hydrogen) atoms. The number of fused-ring (bicyclic) bond motifs is 2. The molecule has 0 saturated heterocycles. The van der Waals surface area contributed by atoms with E-state index in [0.717, 1.165) is 6.20 Å². The van der Waals surface area contributed by atoms with E-state index in [4.69, 9.17) is 0 Å². The maximum atomic E-state index is 14.1. The first kappa shape index (κ1) is 20.4. The fourth-order valence-electron chi connectivity index (χ4n) is 3.67. The van der Waals surface area contributed by atoms with E-state index in [0.29, 0.717) is 15.7 Å². The van der Waals surface area contributed by atoms with Gasteiger partial charge >= 0.3 is 6.18 Å². The number of nitrogens with zero attached hydrogens (tertiary/aromatic N) is 5. The number of rotatable bonds is 3. The third-order valence-corrected chi connectivity index (χ3v) is 5.13. The number of nitrogens with one attached hydrogen (secondary N) is 2. The Bertz CT molecular complexity index is 1600. The quantitative estimate of drug-likeness (QED) is 0.436. The van der Waals surface area contributed by atoms with Crippen LogP contribution in [0.5, 0.6) is 0 Å². The van der Waals surface area contributed by atoms with Crippen LogP contribution in [-0.4, -0.2) is 35.4 Å². The lowest BCUT2D eigenvalue weighted by Gasteiger charge is -2.14. The van der Waals surface area contributed by atoms with Crippen molar-refractivity contribution in [3.8, 4) is 5.69 Å². The lowest BCUT2D eigenvalue weighted by molar-refractivity contribution is -0.143. The van der Waals surface area contributed by atoms with Gasteiger partial charge < -0.3 is 10.3 Å². The second kappa shape index (κ2) is 7.29. The molecular formula is C21H14F3N7O2. The monoisotopic (exact) mass is 453 g/mol. The smallest absolute Gasteiger partial charge is 0.329 e. The average Bonchev–Trinajstić information content (AvgIpc) is 3.38. The molecular weight excluding hydrogens is 439 g/mol. The Labute approximate surface area is 182 Å². The highest BCUT2D eigenvalue weighted by atomic mass is 19.4. The van der Waals surface area contributed by atoms with Gasteiger partial charge in [0.2, 0.25) is 0 Å². The van der Waals surface area contributed by atoms with Crippen molar-refractivity contribution in [2.45, 2.75) is 6.18 Å². The summed E-state index contributed by atoms with van der Waals surface area (Å²) in [5.41, 5.74) is -1.60. The Morgan fingerprint density at radius 2 is 1.91 bits per heavy atom. The van der Waals surface area contributed by atoms with Crippen LogP contribution >= 0.6 is 0 Å². The zero-order valence-electron chi connectivity index (χ0n) is 16.9. The van der Waals surface area contributed by atoms with Crippen LogP contribution in [0.15, 0.2) is 59.9 Å².